The third-order valence-electron chi connectivity index (χ3n) is 1.96. The third kappa shape index (κ3) is 2.77. The topological polar surface area (TPSA) is 66.9 Å². The smallest absolute Gasteiger partial charge is 0.239 e. The van der Waals surface area contributed by atoms with Crippen LogP contribution in [-0.4, -0.2) is 28.5 Å². The molecular formula is C9H12N4O. The van der Waals surface area contributed by atoms with Crippen LogP contribution in [0.1, 0.15) is 12.8 Å². The van der Waals surface area contributed by atoms with Crippen LogP contribution in [0, 0.1) is 0 Å². The molecule has 2 rings (SSSR count). The van der Waals surface area contributed by atoms with Gasteiger partial charge in [0.25, 0.3) is 0 Å². The van der Waals surface area contributed by atoms with Crippen LogP contribution in [0.25, 0.3) is 0 Å². The molecule has 5 heteroatoms. The van der Waals surface area contributed by atoms with E-state index in [2.05, 4.69) is 20.6 Å². The number of carbonyl (C=O) groups excluding carboxylic acids is 1. The predicted molar refractivity (Wildman–Crippen MR) is 51.7 cm³/mol. The lowest BCUT2D eigenvalue weighted by atomic mass is 10.5. The van der Waals surface area contributed by atoms with Crippen molar-refractivity contribution in [1.82, 2.24) is 15.3 Å². The van der Waals surface area contributed by atoms with Gasteiger partial charge < -0.3 is 10.6 Å². The van der Waals surface area contributed by atoms with Crippen LogP contribution >= 0.6 is 0 Å². The molecule has 14 heavy (non-hydrogen) atoms. The van der Waals surface area contributed by atoms with Crippen molar-refractivity contribution in [3.8, 4) is 0 Å². The van der Waals surface area contributed by atoms with Crippen LogP contribution in [0.4, 0.5) is 5.82 Å². The second kappa shape index (κ2) is 4.15. The minimum absolute atomic E-state index is 0.0719. The lowest BCUT2D eigenvalue weighted by molar-refractivity contribution is -0.115. The lowest BCUT2D eigenvalue weighted by Crippen LogP contribution is -2.29. The van der Waals surface area contributed by atoms with Crippen LogP contribution in [-0.2, 0) is 4.79 Å². The molecular weight excluding hydrogens is 180 g/mol. The molecule has 1 fully saturated rings. The van der Waals surface area contributed by atoms with E-state index in [9.17, 15) is 4.79 Å². The van der Waals surface area contributed by atoms with Gasteiger partial charge in [-0.3, -0.25) is 9.78 Å². The molecule has 2 N–H and O–H groups in total. The fourth-order valence-electron chi connectivity index (χ4n) is 1.08. The molecule has 74 valence electrons. The van der Waals surface area contributed by atoms with Gasteiger partial charge in [0, 0.05) is 18.4 Å². The number of hydrogen-bond donors (Lipinski definition) is 2. The summed E-state index contributed by atoms with van der Waals surface area (Å²) < 4.78 is 0. The minimum atomic E-state index is -0.0719. The monoisotopic (exact) mass is 192 g/mol. The van der Waals surface area contributed by atoms with Crippen molar-refractivity contribution >= 4 is 11.7 Å². The zero-order valence-electron chi connectivity index (χ0n) is 7.73. The lowest BCUT2D eigenvalue weighted by Gasteiger charge is -2.03. The molecule has 0 radical (unpaired) electrons. The van der Waals surface area contributed by atoms with Gasteiger partial charge in [-0.2, -0.15) is 0 Å². The average molecular weight is 192 g/mol. The molecule has 1 aromatic rings. The molecule has 0 atom stereocenters. The van der Waals surface area contributed by atoms with Crippen molar-refractivity contribution in [2.24, 2.45) is 0 Å². The molecule has 5 nitrogen and oxygen atoms in total. The number of rotatable bonds is 4. The Labute approximate surface area is 82.0 Å². The van der Waals surface area contributed by atoms with Crippen LogP contribution in [0.5, 0.6) is 0 Å². The molecule has 0 aromatic carbocycles. The van der Waals surface area contributed by atoms with Crippen molar-refractivity contribution < 1.29 is 4.79 Å². The van der Waals surface area contributed by atoms with E-state index in [1.807, 2.05) is 0 Å². The summed E-state index contributed by atoms with van der Waals surface area (Å²) in [7, 11) is 0. The maximum absolute atomic E-state index is 11.3. The molecule has 1 saturated carbocycles. The molecule has 0 aliphatic heterocycles. The highest BCUT2D eigenvalue weighted by molar-refractivity contribution is 5.91. The Morgan fingerprint density at radius 1 is 1.50 bits per heavy atom. The highest BCUT2D eigenvalue weighted by atomic mass is 16.2. The first-order chi connectivity index (χ1) is 6.84. The third-order valence-corrected chi connectivity index (χ3v) is 1.96. The van der Waals surface area contributed by atoms with E-state index in [0.717, 1.165) is 0 Å². The second-order valence-corrected chi connectivity index (χ2v) is 3.29. The van der Waals surface area contributed by atoms with Gasteiger partial charge in [-0.25, -0.2) is 4.98 Å². The Hall–Kier alpha value is -1.49. The molecule has 1 aliphatic carbocycles. The zero-order valence-corrected chi connectivity index (χ0v) is 7.73. The number of nitrogens with zero attached hydrogens (tertiary/aromatic N) is 2. The molecule has 0 unspecified atom stereocenters. The number of hydrogen-bond acceptors (Lipinski definition) is 4. The van der Waals surface area contributed by atoms with Crippen molar-refractivity contribution in [2.45, 2.75) is 18.9 Å². The van der Waals surface area contributed by atoms with Crippen LogP contribution in [0.15, 0.2) is 18.6 Å². The van der Waals surface area contributed by atoms with E-state index in [0.29, 0.717) is 18.4 Å². The summed E-state index contributed by atoms with van der Waals surface area (Å²) in [5.74, 6) is 0.424. The van der Waals surface area contributed by atoms with Gasteiger partial charge in [0.05, 0.1) is 12.7 Å². The summed E-state index contributed by atoms with van der Waals surface area (Å²) in [4.78, 5) is 19.1. The number of amides is 1. The Balaban J connectivity index is 1.76. The molecule has 1 amide bonds. The first kappa shape index (κ1) is 9.08. The van der Waals surface area contributed by atoms with E-state index in [1.165, 1.54) is 19.0 Å². The van der Waals surface area contributed by atoms with Gasteiger partial charge >= 0.3 is 0 Å². The molecule has 1 heterocycles. The summed E-state index contributed by atoms with van der Waals surface area (Å²) in [5, 5.41) is 5.77. The predicted octanol–water partition coefficient (Wildman–Crippen LogP) is 0.167. The first-order valence-electron chi connectivity index (χ1n) is 4.64. The van der Waals surface area contributed by atoms with E-state index < -0.39 is 0 Å². The van der Waals surface area contributed by atoms with E-state index in [1.54, 1.807) is 12.4 Å². The quantitative estimate of drug-likeness (QED) is 0.713. The normalized spacial score (nSPS) is 15.1. The molecule has 0 saturated heterocycles. The largest absolute Gasteiger partial charge is 0.308 e. The Morgan fingerprint density at radius 2 is 2.36 bits per heavy atom. The van der Waals surface area contributed by atoms with Crippen molar-refractivity contribution in [1.29, 1.82) is 0 Å². The van der Waals surface area contributed by atoms with E-state index in [4.69, 9.17) is 0 Å². The molecule has 1 aliphatic rings. The minimum Gasteiger partial charge on any atom is -0.308 e. The summed E-state index contributed by atoms with van der Waals surface area (Å²) in [5.41, 5.74) is 0. The maximum Gasteiger partial charge on any atom is 0.239 e. The average Bonchev–Trinajstić information content (AvgIpc) is 3.00. The highest BCUT2D eigenvalue weighted by Crippen LogP contribution is 2.17. The standard InChI is InChI=1S/C9H12N4O/c14-9(6-12-7-1-2-7)13-8-5-10-3-4-11-8/h3-5,7,12H,1-2,6H2,(H,11,13,14). The van der Waals surface area contributed by atoms with Gasteiger partial charge in [-0.1, -0.05) is 0 Å². The van der Waals surface area contributed by atoms with Crippen molar-refractivity contribution in [3.63, 3.8) is 0 Å². The van der Waals surface area contributed by atoms with Crippen molar-refractivity contribution in [2.75, 3.05) is 11.9 Å². The van der Waals surface area contributed by atoms with Crippen LogP contribution in [0.2, 0.25) is 0 Å². The first-order valence-corrected chi connectivity index (χ1v) is 4.64. The fraction of sp³-hybridized carbons (Fsp3) is 0.444. The Morgan fingerprint density at radius 3 is 3.00 bits per heavy atom. The Kier molecular flexibility index (Phi) is 2.69. The zero-order chi connectivity index (χ0) is 9.80. The highest BCUT2D eigenvalue weighted by Gasteiger charge is 2.21. The van der Waals surface area contributed by atoms with Crippen LogP contribution < -0.4 is 10.6 Å². The van der Waals surface area contributed by atoms with E-state index in [-0.39, 0.29) is 5.91 Å². The summed E-state index contributed by atoms with van der Waals surface area (Å²) in [6.07, 6.45) is 6.99. The number of anilines is 1. The fourth-order valence-corrected chi connectivity index (χ4v) is 1.08. The number of carbonyl (C=O) groups is 1. The van der Waals surface area contributed by atoms with Crippen molar-refractivity contribution in [3.05, 3.63) is 18.6 Å². The van der Waals surface area contributed by atoms with Gasteiger partial charge in [0.2, 0.25) is 5.91 Å². The molecule has 0 bridgehead atoms. The summed E-state index contributed by atoms with van der Waals surface area (Å²) in [6, 6.07) is 0.544. The van der Waals surface area contributed by atoms with Crippen LogP contribution in [0.3, 0.4) is 0 Å². The van der Waals surface area contributed by atoms with E-state index >= 15 is 0 Å². The van der Waals surface area contributed by atoms with Gasteiger partial charge in [0.1, 0.15) is 0 Å². The SMILES string of the molecule is O=C(CNC1CC1)Nc1cnccn1. The number of aromatic nitrogens is 2. The number of nitrogens with one attached hydrogen (secondary N) is 2. The van der Waals surface area contributed by atoms with Gasteiger partial charge in [0.15, 0.2) is 5.82 Å². The van der Waals surface area contributed by atoms with Gasteiger partial charge in [-0.15, -0.1) is 0 Å². The molecule has 0 spiro atoms. The summed E-state index contributed by atoms with van der Waals surface area (Å²) >= 11 is 0. The maximum atomic E-state index is 11.3. The summed E-state index contributed by atoms with van der Waals surface area (Å²) in [6.45, 7) is 0.348. The second-order valence-electron chi connectivity index (χ2n) is 3.29. The van der Waals surface area contributed by atoms with Gasteiger partial charge in [-0.05, 0) is 12.8 Å². The molecule has 1 aromatic heterocycles. The Bertz CT molecular complexity index is 310.